The molecule has 4 nitrogen and oxygen atoms in total. The fraction of sp³-hybridized carbons (Fsp3) is 0.263. The van der Waals surface area contributed by atoms with E-state index in [-0.39, 0.29) is 30.9 Å². The molecule has 0 aliphatic carbocycles. The summed E-state index contributed by atoms with van der Waals surface area (Å²) in [5.41, 5.74) is 1.90. The van der Waals surface area contributed by atoms with E-state index in [1.54, 1.807) is 0 Å². The highest BCUT2D eigenvalue weighted by atomic mass is 16.3. The zero-order valence-electron chi connectivity index (χ0n) is 12.7. The average Bonchev–Trinajstić information content (AvgIpc) is 2.56. The van der Waals surface area contributed by atoms with E-state index >= 15 is 0 Å². The van der Waals surface area contributed by atoms with Crippen LogP contribution in [0.25, 0.3) is 0 Å². The Morgan fingerprint density at radius 3 is 2.26 bits per heavy atom. The molecule has 1 N–H and O–H groups in total. The van der Waals surface area contributed by atoms with Gasteiger partial charge in [0.05, 0.1) is 25.1 Å². The summed E-state index contributed by atoms with van der Waals surface area (Å²) in [6.45, 7) is -0.141. The second-order valence-electron chi connectivity index (χ2n) is 5.72. The van der Waals surface area contributed by atoms with Crippen LogP contribution in [0.2, 0.25) is 0 Å². The number of amides is 1. The Morgan fingerprint density at radius 1 is 1.09 bits per heavy atom. The van der Waals surface area contributed by atoms with Crippen LogP contribution >= 0.6 is 0 Å². The van der Waals surface area contributed by atoms with E-state index in [4.69, 9.17) is 0 Å². The molecule has 0 aromatic heterocycles. The van der Waals surface area contributed by atoms with Crippen molar-refractivity contribution in [2.45, 2.75) is 24.4 Å². The predicted octanol–water partition coefficient (Wildman–Crippen LogP) is 2.11. The van der Waals surface area contributed by atoms with Crippen molar-refractivity contribution in [1.82, 2.24) is 4.90 Å². The summed E-state index contributed by atoms with van der Waals surface area (Å²) in [4.78, 5) is 14.1. The first kappa shape index (κ1) is 15.3. The third kappa shape index (κ3) is 2.84. The molecule has 1 saturated heterocycles. The first-order valence-electron chi connectivity index (χ1n) is 7.66. The number of aliphatic hydroxyl groups is 1. The van der Waals surface area contributed by atoms with Gasteiger partial charge in [0.2, 0.25) is 5.91 Å². The highest BCUT2D eigenvalue weighted by Crippen LogP contribution is 2.40. The molecule has 3 atom stereocenters. The number of likely N-dealkylation sites (tertiary alicyclic amines) is 1. The van der Waals surface area contributed by atoms with Gasteiger partial charge in [-0.1, -0.05) is 60.7 Å². The summed E-state index contributed by atoms with van der Waals surface area (Å²) < 4.78 is 0. The fourth-order valence-electron chi connectivity index (χ4n) is 3.29. The molecule has 1 aliphatic rings. The quantitative estimate of drug-likeness (QED) is 0.941. The topological polar surface area (TPSA) is 64.3 Å². The number of aliphatic hydroxyl groups excluding tert-OH is 1. The number of hydrogen-bond acceptors (Lipinski definition) is 3. The maximum Gasteiger partial charge on any atom is 0.228 e. The SMILES string of the molecule is N#C[C@H]1[C@H](c2ccccc2)[C@@H](CO)N1C(=O)Cc1ccccc1. The van der Waals surface area contributed by atoms with Crippen LogP contribution in [0.3, 0.4) is 0 Å². The maximum absolute atomic E-state index is 12.6. The molecule has 116 valence electrons. The van der Waals surface area contributed by atoms with Gasteiger partial charge in [0.1, 0.15) is 6.04 Å². The molecule has 1 heterocycles. The lowest BCUT2D eigenvalue weighted by molar-refractivity contribution is -0.146. The average molecular weight is 306 g/mol. The van der Waals surface area contributed by atoms with Gasteiger partial charge in [0.25, 0.3) is 0 Å². The van der Waals surface area contributed by atoms with E-state index in [2.05, 4.69) is 6.07 Å². The monoisotopic (exact) mass is 306 g/mol. The van der Waals surface area contributed by atoms with Crippen molar-refractivity contribution in [2.75, 3.05) is 6.61 Å². The van der Waals surface area contributed by atoms with Gasteiger partial charge in [-0.05, 0) is 11.1 Å². The number of nitrogens with zero attached hydrogens (tertiary/aromatic N) is 2. The normalized spacial score (nSPS) is 23.0. The van der Waals surface area contributed by atoms with Crippen molar-refractivity contribution >= 4 is 5.91 Å². The van der Waals surface area contributed by atoms with E-state index in [0.29, 0.717) is 0 Å². The summed E-state index contributed by atoms with van der Waals surface area (Å²) in [7, 11) is 0. The van der Waals surface area contributed by atoms with Crippen molar-refractivity contribution in [3.8, 4) is 6.07 Å². The molecule has 0 spiro atoms. The Hall–Kier alpha value is -2.64. The number of carbonyl (C=O) groups excluding carboxylic acids is 1. The third-order valence-corrected chi connectivity index (χ3v) is 4.40. The van der Waals surface area contributed by atoms with Crippen LogP contribution in [0, 0.1) is 11.3 Å². The highest BCUT2D eigenvalue weighted by molar-refractivity contribution is 5.81. The van der Waals surface area contributed by atoms with Gasteiger partial charge < -0.3 is 10.0 Å². The molecule has 0 radical (unpaired) electrons. The summed E-state index contributed by atoms with van der Waals surface area (Å²) in [5.74, 6) is -0.250. The molecule has 0 bridgehead atoms. The number of carbonyl (C=O) groups is 1. The lowest BCUT2D eigenvalue weighted by Gasteiger charge is -2.51. The Balaban J connectivity index is 1.80. The number of rotatable bonds is 4. The lowest BCUT2D eigenvalue weighted by atomic mass is 9.75. The van der Waals surface area contributed by atoms with E-state index in [1.165, 1.54) is 4.90 Å². The van der Waals surface area contributed by atoms with Crippen LogP contribution in [0.5, 0.6) is 0 Å². The van der Waals surface area contributed by atoms with Crippen molar-refractivity contribution < 1.29 is 9.90 Å². The first-order chi connectivity index (χ1) is 11.3. The Morgan fingerprint density at radius 2 is 1.70 bits per heavy atom. The zero-order chi connectivity index (χ0) is 16.2. The van der Waals surface area contributed by atoms with Crippen LogP contribution in [0.1, 0.15) is 17.0 Å². The second kappa shape index (κ2) is 6.64. The minimum absolute atomic E-state index is 0.117. The van der Waals surface area contributed by atoms with Crippen LogP contribution in [0.4, 0.5) is 0 Å². The van der Waals surface area contributed by atoms with Gasteiger partial charge >= 0.3 is 0 Å². The van der Waals surface area contributed by atoms with Gasteiger partial charge in [0, 0.05) is 5.92 Å². The predicted molar refractivity (Wildman–Crippen MR) is 86.4 cm³/mol. The molecule has 2 aromatic rings. The molecule has 1 fully saturated rings. The van der Waals surface area contributed by atoms with Crippen molar-refractivity contribution in [3.63, 3.8) is 0 Å². The van der Waals surface area contributed by atoms with E-state index in [0.717, 1.165) is 11.1 Å². The second-order valence-corrected chi connectivity index (χ2v) is 5.72. The summed E-state index contributed by atoms with van der Waals surface area (Å²) in [6, 6.07) is 20.4. The zero-order valence-corrected chi connectivity index (χ0v) is 12.7. The fourth-order valence-corrected chi connectivity index (χ4v) is 3.29. The Kier molecular flexibility index (Phi) is 4.40. The van der Waals surface area contributed by atoms with Gasteiger partial charge in [0.15, 0.2) is 0 Å². The minimum atomic E-state index is -0.522. The maximum atomic E-state index is 12.6. The molecular weight excluding hydrogens is 288 g/mol. The van der Waals surface area contributed by atoms with Gasteiger partial charge in [-0.15, -0.1) is 0 Å². The van der Waals surface area contributed by atoms with Gasteiger partial charge in [-0.2, -0.15) is 5.26 Å². The molecule has 4 heteroatoms. The minimum Gasteiger partial charge on any atom is -0.394 e. The largest absolute Gasteiger partial charge is 0.394 e. The molecular formula is C19H18N2O2. The molecule has 2 aromatic carbocycles. The molecule has 1 aliphatic heterocycles. The molecule has 23 heavy (non-hydrogen) atoms. The van der Waals surface area contributed by atoms with Crippen molar-refractivity contribution in [1.29, 1.82) is 5.26 Å². The first-order valence-corrected chi connectivity index (χ1v) is 7.66. The van der Waals surface area contributed by atoms with Crippen molar-refractivity contribution in [2.24, 2.45) is 0 Å². The number of nitriles is 1. The van der Waals surface area contributed by atoms with E-state index in [1.807, 2.05) is 60.7 Å². The lowest BCUT2D eigenvalue weighted by Crippen LogP contribution is -2.65. The Bertz CT molecular complexity index is 709. The van der Waals surface area contributed by atoms with Crippen LogP contribution in [-0.2, 0) is 11.2 Å². The third-order valence-electron chi connectivity index (χ3n) is 4.40. The van der Waals surface area contributed by atoms with Crippen molar-refractivity contribution in [3.05, 3.63) is 71.8 Å². The standard InChI is InChI=1S/C19H18N2O2/c20-12-16-19(15-9-5-2-6-10-15)17(13-22)21(16)18(23)11-14-7-3-1-4-8-14/h1-10,16-17,19,22H,11,13H2/t16-,17+,19-/m0/s1. The summed E-state index contributed by atoms with van der Waals surface area (Å²) in [5, 5.41) is 19.2. The number of hydrogen-bond donors (Lipinski definition) is 1. The van der Waals surface area contributed by atoms with Crippen LogP contribution < -0.4 is 0 Å². The van der Waals surface area contributed by atoms with Gasteiger partial charge in [-0.3, -0.25) is 4.79 Å². The van der Waals surface area contributed by atoms with E-state index < -0.39 is 6.04 Å². The molecule has 0 unspecified atom stereocenters. The van der Waals surface area contributed by atoms with E-state index in [9.17, 15) is 15.2 Å². The van der Waals surface area contributed by atoms with Crippen LogP contribution in [0.15, 0.2) is 60.7 Å². The van der Waals surface area contributed by atoms with Crippen LogP contribution in [-0.4, -0.2) is 34.6 Å². The van der Waals surface area contributed by atoms with Gasteiger partial charge in [-0.25, -0.2) is 0 Å². The highest BCUT2D eigenvalue weighted by Gasteiger charge is 2.51. The molecule has 0 saturated carbocycles. The summed E-state index contributed by atoms with van der Waals surface area (Å²) in [6.07, 6.45) is 0.247. The molecule has 3 rings (SSSR count). The number of benzene rings is 2. The Labute approximate surface area is 135 Å². The molecule has 1 amide bonds. The smallest absolute Gasteiger partial charge is 0.228 e. The summed E-state index contributed by atoms with van der Waals surface area (Å²) >= 11 is 0.